The van der Waals surface area contributed by atoms with Crippen LogP contribution in [0.1, 0.15) is 15.9 Å². The first kappa shape index (κ1) is 21.1. The van der Waals surface area contributed by atoms with Gasteiger partial charge in [0.2, 0.25) is 0 Å². The van der Waals surface area contributed by atoms with Crippen molar-refractivity contribution in [1.82, 2.24) is 15.2 Å². The minimum atomic E-state index is -0.417. The zero-order chi connectivity index (χ0) is 22.5. The van der Waals surface area contributed by atoms with E-state index in [1.165, 1.54) is 19.4 Å². The number of amides is 1. The summed E-state index contributed by atoms with van der Waals surface area (Å²) in [7, 11) is 1.46. The number of rotatable bonds is 6. The van der Waals surface area contributed by atoms with Crippen LogP contribution in [0.4, 0.5) is 0 Å². The largest absolute Gasteiger partial charge is 0.504 e. The normalized spacial score (nSPS) is 10.9. The Morgan fingerprint density at radius 1 is 1.12 bits per heavy atom. The van der Waals surface area contributed by atoms with E-state index in [0.717, 1.165) is 11.3 Å². The van der Waals surface area contributed by atoms with Gasteiger partial charge in [0.05, 0.1) is 24.6 Å². The molecule has 0 aliphatic heterocycles. The first-order valence-electron chi connectivity index (χ1n) is 9.66. The van der Waals surface area contributed by atoms with Gasteiger partial charge in [-0.05, 0) is 48.0 Å². The molecule has 1 heterocycles. The number of aromatic hydroxyl groups is 1. The standard InChI is InChI=1S/C24H19ClN4O3/c1-32-22-13-16(7-12-21(22)30)14-26-27-24(31)20-15-29(19-5-3-2-4-6-19)28-23(20)17-8-10-18(25)11-9-17/h2-15,30H,1H3,(H,27,31)/b26-14+. The first-order chi connectivity index (χ1) is 15.5. The molecule has 0 unspecified atom stereocenters. The van der Waals surface area contributed by atoms with Crippen LogP contribution in [-0.4, -0.2) is 34.1 Å². The summed E-state index contributed by atoms with van der Waals surface area (Å²) in [5.74, 6) is -0.0804. The predicted octanol–water partition coefficient (Wildman–Crippen LogP) is 4.67. The molecule has 4 aromatic rings. The van der Waals surface area contributed by atoms with Crippen molar-refractivity contribution in [3.63, 3.8) is 0 Å². The van der Waals surface area contributed by atoms with E-state index in [1.807, 2.05) is 42.5 Å². The molecule has 0 fully saturated rings. The molecule has 1 amide bonds. The first-order valence-corrected chi connectivity index (χ1v) is 10.0. The van der Waals surface area contributed by atoms with Crippen molar-refractivity contribution in [2.45, 2.75) is 0 Å². The van der Waals surface area contributed by atoms with Crippen LogP contribution >= 0.6 is 11.6 Å². The minimum Gasteiger partial charge on any atom is -0.504 e. The molecular weight excluding hydrogens is 428 g/mol. The Hall–Kier alpha value is -4.10. The molecule has 7 nitrogen and oxygen atoms in total. The smallest absolute Gasteiger partial charge is 0.275 e. The van der Waals surface area contributed by atoms with Crippen molar-refractivity contribution in [3.8, 4) is 28.4 Å². The molecule has 0 saturated carbocycles. The lowest BCUT2D eigenvalue weighted by Crippen LogP contribution is -2.18. The van der Waals surface area contributed by atoms with Crippen molar-refractivity contribution in [1.29, 1.82) is 0 Å². The van der Waals surface area contributed by atoms with Gasteiger partial charge in [0.1, 0.15) is 5.69 Å². The highest BCUT2D eigenvalue weighted by molar-refractivity contribution is 6.30. The van der Waals surface area contributed by atoms with Crippen molar-refractivity contribution in [2.75, 3.05) is 7.11 Å². The summed E-state index contributed by atoms with van der Waals surface area (Å²) < 4.78 is 6.73. The van der Waals surface area contributed by atoms with Gasteiger partial charge in [-0.3, -0.25) is 4.79 Å². The second kappa shape index (κ2) is 9.36. The number of halogens is 1. The van der Waals surface area contributed by atoms with E-state index < -0.39 is 5.91 Å². The summed E-state index contributed by atoms with van der Waals surface area (Å²) in [6.45, 7) is 0. The number of ether oxygens (including phenoxy) is 1. The van der Waals surface area contributed by atoms with Gasteiger partial charge >= 0.3 is 0 Å². The molecule has 4 rings (SSSR count). The van der Waals surface area contributed by atoms with Gasteiger partial charge in [0.25, 0.3) is 5.91 Å². The van der Waals surface area contributed by atoms with E-state index in [0.29, 0.717) is 27.6 Å². The fraction of sp³-hybridized carbons (Fsp3) is 0.0417. The molecule has 0 aliphatic rings. The number of phenolic OH excluding ortho intramolecular Hbond substituents is 1. The van der Waals surface area contributed by atoms with Crippen LogP contribution in [0.3, 0.4) is 0 Å². The molecular formula is C24H19ClN4O3. The molecule has 0 bridgehead atoms. The highest BCUT2D eigenvalue weighted by atomic mass is 35.5. The lowest BCUT2D eigenvalue weighted by molar-refractivity contribution is 0.0955. The number of hydrazone groups is 1. The maximum atomic E-state index is 12.9. The van der Waals surface area contributed by atoms with E-state index in [4.69, 9.17) is 16.3 Å². The molecule has 0 aliphatic carbocycles. The molecule has 0 spiro atoms. The maximum Gasteiger partial charge on any atom is 0.275 e. The van der Waals surface area contributed by atoms with E-state index in [2.05, 4.69) is 15.6 Å². The molecule has 32 heavy (non-hydrogen) atoms. The molecule has 2 N–H and O–H groups in total. The number of phenols is 1. The number of para-hydroxylation sites is 1. The van der Waals surface area contributed by atoms with Crippen LogP contribution < -0.4 is 10.2 Å². The number of methoxy groups -OCH3 is 1. The number of benzene rings is 3. The second-order valence-electron chi connectivity index (χ2n) is 6.81. The Bertz CT molecular complexity index is 1270. The average molecular weight is 447 g/mol. The summed E-state index contributed by atoms with van der Waals surface area (Å²) in [4.78, 5) is 12.9. The summed E-state index contributed by atoms with van der Waals surface area (Å²) in [5.41, 5.74) is 5.62. The topological polar surface area (TPSA) is 88.7 Å². The van der Waals surface area contributed by atoms with E-state index in [1.54, 1.807) is 35.1 Å². The lowest BCUT2D eigenvalue weighted by Gasteiger charge is -2.04. The third-order valence-corrected chi connectivity index (χ3v) is 4.93. The van der Waals surface area contributed by atoms with Crippen LogP contribution in [-0.2, 0) is 0 Å². The SMILES string of the molecule is COc1cc(/C=N/NC(=O)c2cn(-c3ccccc3)nc2-c2ccc(Cl)cc2)ccc1O. The molecule has 0 saturated heterocycles. The van der Waals surface area contributed by atoms with Crippen LogP contribution in [0.2, 0.25) is 5.02 Å². The Morgan fingerprint density at radius 2 is 1.88 bits per heavy atom. The number of hydrogen-bond acceptors (Lipinski definition) is 5. The van der Waals surface area contributed by atoms with Gasteiger partial charge in [-0.15, -0.1) is 0 Å². The zero-order valence-corrected chi connectivity index (χ0v) is 17.8. The molecule has 0 radical (unpaired) electrons. The molecule has 0 atom stereocenters. The predicted molar refractivity (Wildman–Crippen MR) is 124 cm³/mol. The maximum absolute atomic E-state index is 12.9. The van der Waals surface area contributed by atoms with Gasteiger partial charge < -0.3 is 9.84 Å². The van der Waals surface area contributed by atoms with E-state index >= 15 is 0 Å². The third-order valence-electron chi connectivity index (χ3n) is 4.68. The third kappa shape index (κ3) is 4.63. The number of nitrogens with zero attached hydrogens (tertiary/aromatic N) is 3. The Balaban J connectivity index is 1.63. The Morgan fingerprint density at radius 3 is 2.59 bits per heavy atom. The number of nitrogens with one attached hydrogen (secondary N) is 1. The monoisotopic (exact) mass is 446 g/mol. The van der Waals surface area contributed by atoms with Crippen molar-refractivity contribution in [2.24, 2.45) is 5.10 Å². The Labute approximate surface area is 189 Å². The number of hydrogen-bond donors (Lipinski definition) is 2. The van der Waals surface area contributed by atoms with Crippen molar-refractivity contribution >= 4 is 23.7 Å². The Kier molecular flexibility index (Phi) is 6.19. The van der Waals surface area contributed by atoms with Gasteiger partial charge in [0, 0.05) is 16.8 Å². The van der Waals surface area contributed by atoms with Crippen LogP contribution in [0.5, 0.6) is 11.5 Å². The zero-order valence-electron chi connectivity index (χ0n) is 17.1. The van der Waals surface area contributed by atoms with E-state index in [9.17, 15) is 9.90 Å². The number of carbonyl (C=O) groups excluding carboxylic acids is 1. The van der Waals surface area contributed by atoms with Crippen LogP contribution in [0, 0.1) is 0 Å². The quantitative estimate of drug-likeness (QED) is 0.332. The highest BCUT2D eigenvalue weighted by Crippen LogP contribution is 2.26. The number of aromatic nitrogens is 2. The van der Waals surface area contributed by atoms with E-state index in [-0.39, 0.29) is 5.75 Å². The average Bonchev–Trinajstić information content (AvgIpc) is 3.27. The van der Waals surface area contributed by atoms with Crippen LogP contribution in [0.15, 0.2) is 84.1 Å². The highest BCUT2D eigenvalue weighted by Gasteiger charge is 2.18. The summed E-state index contributed by atoms with van der Waals surface area (Å²) in [5, 5.41) is 18.9. The summed E-state index contributed by atoms with van der Waals surface area (Å²) >= 11 is 6.01. The summed E-state index contributed by atoms with van der Waals surface area (Å²) in [6.07, 6.45) is 3.12. The van der Waals surface area contributed by atoms with Gasteiger partial charge in [0.15, 0.2) is 11.5 Å². The van der Waals surface area contributed by atoms with Crippen molar-refractivity contribution < 1.29 is 14.6 Å². The van der Waals surface area contributed by atoms with Crippen molar-refractivity contribution in [3.05, 3.63) is 95.1 Å². The van der Waals surface area contributed by atoms with Gasteiger partial charge in [-0.2, -0.15) is 10.2 Å². The minimum absolute atomic E-state index is 0.0228. The molecule has 1 aromatic heterocycles. The molecule has 160 valence electrons. The fourth-order valence-corrected chi connectivity index (χ4v) is 3.20. The van der Waals surface area contributed by atoms with Gasteiger partial charge in [-0.1, -0.05) is 41.9 Å². The fourth-order valence-electron chi connectivity index (χ4n) is 3.07. The van der Waals surface area contributed by atoms with Gasteiger partial charge in [-0.25, -0.2) is 10.1 Å². The lowest BCUT2D eigenvalue weighted by atomic mass is 10.1. The molecule has 8 heteroatoms. The number of carbonyl (C=O) groups is 1. The van der Waals surface area contributed by atoms with Crippen LogP contribution in [0.25, 0.3) is 16.9 Å². The second-order valence-corrected chi connectivity index (χ2v) is 7.25. The molecule has 3 aromatic carbocycles. The summed E-state index contributed by atoms with van der Waals surface area (Å²) in [6, 6.07) is 21.4.